The van der Waals surface area contributed by atoms with Gasteiger partial charge >= 0.3 is 0 Å². The van der Waals surface area contributed by atoms with E-state index < -0.39 is 0 Å². The number of carbonyl (C=O) groups excluding carboxylic acids is 1. The average molecular weight is 353 g/mol. The Morgan fingerprint density at radius 1 is 1.22 bits per heavy atom. The van der Waals surface area contributed by atoms with Gasteiger partial charge in [-0.15, -0.1) is 0 Å². The summed E-state index contributed by atoms with van der Waals surface area (Å²) in [6.45, 7) is 0.869. The summed E-state index contributed by atoms with van der Waals surface area (Å²) < 4.78 is 5.20. The Morgan fingerprint density at radius 2 is 2.00 bits per heavy atom. The molecule has 0 aliphatic heterocycles. The molecule has 0 atom stereocenters. The number of hydrogen-bond donors (Lipinski definition) is 1. The minimum absolute atomic E-state index is 0.153. The van der Waals surface area contributed by atoms with Gasteiger partial charge in [-0.05, 0) is 42.9 Å². The lowest BCUT2D eigenvalue weighted by atomic mass is 10.2. The third-order valence-corrected chi connectivity index (χ3v) is 3.77. The number of halogens is 2. The SMILES string of the molecule is COc1cccc(CN(C)CC(=O)Nc2cc(Cl)ccc2Cl)c1. The fourth-order valence-corrected chi connectivity index (χ4v) is 2.50. The molecule has 122 valence electrons. The molecule has 0 saturated heterocycles. The normalized spacial score (nSPS) is 10.7. The number of carbonyl (C=O) groups is 1. The fourth-order valence-electron chi connectivity index (χ4n) is 2.17. The van der Waals surface area contributed by atoms with E-state index in [1.165, 1.54) is 0 Å². The Hall–Kier alpha value is -1.75. The zero-order chi connectivity index (χ0) is 16.8. The number of nitrogens with zero attached hydrogens (tertiary/aromatic N) is 1. The van der Waals surface area contributed by atoms with E-state index in [4.69, 9.17) is 27.9 Å². The van der Waals surface area contributed by atoms with Crippen LogP contribution in [0, 0.1) is 0 Å². The van der Waals surface area contributed by atoms with Crippen LogP contribution in [0.2, 0.25) is 10.0 Å². The van der Waals surface area contributed by atoms with E-state index in [1.807, 2.05) is 36.2 Å². The smallest absolute Gasteiger partial charge is 0.238 e. The molecule has 0 bridgehead atoms. The molecule has 0 fully saturated rings. The summed E-state index contributed by atoms with van der Waals surface area (Å²) >= 11 is 11.9. The van der Waals surface area contributed by atoms with E-state index in [2.05, 4.69) is 5.32 Å². The van der Waals surface area contributed by atoms with Gasteiger partial charge in [-0.1, -0.05) is 35.3 Å². The Labute approximate surface area is 146 Å². The van der Waals surface area contributed by atoms with Gasteiger partial charge in [0.1, 0.15) is 5.75 Å². The highest BCUT2D eigenvalue weighted by atomic mass is 35.5. The first-order chi connectivity index (χ1) is 11.0. The Kier molecular flexibility index (Phi) is 6.28. The van der Waals surface area contributed by atoms with E-state index in [0.29, 0.717) is 22.3 Å². The van der Waals surface area contributed by atoms with Crippen LogP contribution in [-0.4, -0.2) is 31.5 Å². The summed E-state index contributed by atoms with van der Waals surface area (Å²) in [6.07, 6.45) is 0. The van der Waals surface area contributed by atoms with Gasteiger partial charge in [0.15, 0.2) is 0 Å². The molecule has 0 saturated carbocycles. The fraction of sp³-hybridized carbons (Fsp3) is 0.235. The average Bonchev–Trinajstić information content (AvgIpc) is 2.50. The van der Waals surface area contributed by atoms with Gasteiger partial charge in [-0.2, -0.15) is 0 Å². The molecule has 4 nitrogen and oxygen atoms in total. The lowest BCUT2D eigenvalue weighted by Crippen LogP contribution is -2.29. The van der Waals surface area contributed by atoms with Crippen molar-refractivity contribution in [3.63, 3.8) is 0 Å². The maximum atomic E-state index is 12.1. The van der Waals surface area contributed by atoms with Crippen LogP contribution in [0.4, 0.5) is 5.69 Å². The number of likely N-dealkylation sites (N-methyl/N-ethyl adjacent to an activating group) is 1. The third kappa shape index (κ3) is 5.43. The largest absolute Gasteiger partial charge is 0.497 e. The number of hydrogen-bond acceptors (Lipinski definition) is 3. The van der Waals surface area contributed by atoms with Gasteiger partial charge in [-0.25, -0.2) is 0 Å². The molecular formula is C17H18Cl2N2O2. The second kappa shape index (κ2) is 8.20. The van der Waals surface area contributed by atoms with Crippen LogP contribution in [0.15, 0.2) is 42.5 Å². The molecule has 0 heterocycles. The van der Waals surface area contributed by atoms with Crippen molar-refractivity contribution in [2.24, 2.45) is 0 Å². The highest BCUT2D eigenvalue weighted by Crippen LogP contribution is 2.25. The van der Waals surface area contributed by atoms with E-state index in [1.54, 1.807) is 25.3 Å². The van der Waals surface area contributed by atoms with Crippen molar-refractivity contribution < 1.29 is 9.53 Å². The highest BCUT2D eigenvalue weighted by Gasteiger charge is 2.10. The van der Waals surface area contributed by atoms with E-state index in [-0.39, 0.29) is 12.5 Å². The number of amides is 1. The first-order valence-electron chi connectivity index (χ1n) is 7.04. The molecule has 6 heteroatoms. The Morgan fingerprint density at radius 3 is 2.74 bits per heavy atom. The van der Waals surface area contributed by atoms with Crippen LogP contribution in [0.5, 0.6) is 5.75 Å². The van der Waals surface area contributed by atoms with Crippen LogP contribution in [0.1, 0.15) is 5.56 Å². The molecule has 2 rings (SSSR count). The van der Waals surface area contributed by atoms with E-state index in [9.17, 15) is 4.79 Å². The number of rotatable bonds is 6. The van der Waals surface area contributed by atoms with Crippen molar-refractivity contribution in [3.8, 4) is 5.75 Å². The number of nitrogens with one attached hydrogen (secondary N) is 1. The first kappa shape index (κ1) is 17.6. The highest BCUT2D eigenvalue weighted by molar-refractivity contribution is 6.35. The maximum absolute atomic E-state index is 12.1. The van der Waals surface area contributed by atoms with Gasteiger partial charge in [-0.3, -0.25) is 9.69 Å². The lowest BCUT2D eigenvalue weighted by Gasteiger charge is -2.17. The summed E-state index contributed by atoms with van der Waals surface area (Å²) in [5.41, 5.74) is 1.58. The third-order valence-electron chi connectivity index (χ3n) is 3.20. The van der Waals surface area contributed by atoms with Crippen LogP contribution in [0.25, 0.3) is 0 Å². The molecule has 0 aliphatic rings. The molecule has 1 amide bonds. The lowest BCUT2D eigenvalue weighted by molar-refractivity contribution is -0.117. The first-order valence-corrected chi connectivity index (χ1v) is 7.80. The van der Waals surface area contributed by atoms with Gasteiger partial charge in [0, 0.05) is 11.6 Å². The summed E-state index contributed by atoms with van der Waals surface area (Å²) in [7, 11) is 3.50. The Balaban J connectivity index is 1.92. The van der Waals surface area contributed by atoms with E-state index >= 15 is 0 Å². The number of ether oxygens (including phenoxy) is 1. The summed E-state index contributed by atoms with van der Waals surface area (Å²) in [5, 5.41) is 3.75. The molecule has 0 spiro atoms. The molecule has 0 radical (unpaired) electrons. The minimum atomic E-state index is -0.153. The standard InChI is InChI=1S/C17H18Cl2N2O2/c1-21(10-12-4-3-5-14(8-12)23-2)11-17(22)20-16-9-13(18)6-7-15(16)19/h3-9H,10-11H2,1-2H3,(H,20,22). The summed E-state index contributed by atoms with van der Waals surface area (Å²) in [6, 6.07) is 12.7. The second-order valence-electron chi connectivity index (χ2n) is 5.20. The van der Waals surface area contributed by atoms with Crippen LogP contribution >= 0.6 is 23.2 Å². The molecule has 1 N–H and O–H groups in total. The summed E-state index contributed by atoms with van der Waals surface area (Å²) in [4.78, 5) is 14.0. The molecule has 2 aromatic carbocycles. The van der Waals surface area contributed by atoms with Crippen molar-refractivity contribution in [2.45, 2.75) is 6.54 Å². The predicted molar refractivity (Wildman–Crippen MR) is 94.4 cm³/mol. The predicted octanol–water partition coefficient (Wildman–Crippen LogP) is 4.07. The number of anilines is 1. The molecule has 0 aliphatic carbocycles. The van der Waals surface area contributed by atoms with E-state index in [0.717, 1.165) is 11.3 Å². The second-order valence-corrected chi connectivity index (χ2v) is 6.04. The van der Waals surface area contributed by atoms with Crippen LogP contribution in [-0.2, 0) is 11.3 Å². The maximum Gasteiger partial charge on any atom is 0.238 e. The molecule has 23 heavy (non-hydrogen) atoms. The minimum Gasteiger partial charge on any atom is -0.497 e. The van der Waals surface area contributed by atoms with Crippen molar-refractivity contribution in [2.75, 3.05) is 26.0 Å². The van der Waals surface area contributed by atoms with Crippen molar-refractivity contribution >= 4 is 34.8 Å². The van der Waals surface area contributed by atoms with Crippen LogP contribution in [0.3, 0.4) is 0 Å². The van der Waals surface area contributed by atoms with Gasteiger partial charge in [0.2, 0.25) is 5.91 Å². The topological polar surface area (TPSA) is 41.6 Å². The number of benzene rings is 2. The van der Waals surface area contributed by atoms with Gasteiger partial charge in [0.05, 0.1) is 24.4 Å². The zero-order valence-electron chi connectivity index (χ0n) is 13.0. The van der Waals surface area contributed by atoms with Crippen LogP contribution < -0.4 is 10.1 Å². The van der Waals surface area contributed by atoms with Gasteiger partial charge in [0.25, 0.3) is 0 Å². The monoisotopic (exact) mass is 352 g/mol. The number of methoxy groups -OCH3 is 1. The zero-order valence-corrected chi connectivity index (χ0v) is 14.5. The Bertz CT molecular complexity index is 692. The van der Waals surface area contributed by atoms with Gasteiger partial charge < -0.3 is 10.1 Å². The van der Waals surface area contributed by atoms with Crippen molar-refractivity contribution in [1.29, 1.82) is 0 Å². The molecule has 0 unspecified atom stereocenters. The van der Waals surface area contributed by atoms with Crippen molar-refractivity contribution in [1.82, 2.24) is 4.90 Å². The molecule has 0 aromatic heterocycles. The molecular weight excluding hydrogens is 335 g/mol. The summed E-state index contributed by atoms with van der Waals surface area (Å²) in [5.74, 6) is 0.644. The molecule has 2 aromatic rings. The van der Waals surface area contributed by atoms with Crippen molar-refractivity contribution in [3.05, 3.63) is 58.1 Å². The quantitative estimate of drug-likeness (QED) is 0.851.